The van der Waals surface area contributed by atoms with E-state index in [9.17, 15) is 4.39 Å². The third kappa shape index (κ3) is 3.81. The first-order valence-corrected chi connectivity index (χ1v) is 6.54. The molecule has 1 heterocycles. The van der Waals surface area contributed by atoms with Crippen LogP contribution in [0, 0.1) is 5.82 Å². The predicted molar refractivity (Wildman–Crippen MR) is 79.0 cm³/mol. The van der Waals surface area contributed by atoms with Gasteiger partial charge in [-0.2, -0.15) is 9.97 Å². The van der Waals surface area contributed by atoms with Crippen LogP contribution in [-0.4, -0.2) is 16.5 Å². The molecule has 0 radical (unpaired) electrons. The maximum absolute atomic E-state index is 13.5. The minimum Gasteiger partial charge on any atom is -0.370 e. The largest absolute Gasteiger partial charge is 0.370 e. The molecule has 0 aliphatic rings. The molecule has 0 saturated heterocycles. The Bertz CT molecular complexity index is 573. The van der Waals surface area contributed by atoms with Crippen LogP contribution in [0.1, 0.15) is 18.9 Å². The highest BCUT2D eigenvalue weighted by Crippen LogP contribution is 2.14. The van der Waals surface area contributed by atoms with Crippen LogP contribution in [0.3, 0.4) is 0 Å². The molecule has 20 heavy (non-hydrogen) atoms. The zero-order valence-electron chi connectivity index (χ0n) is 11.4. The van der Waals surface area contributed by atoms with E-state index in [0.29, 0.717) is 23.7 Å². The van der Waals surface area contributed by atoms with E-state index >= 15 is 0 Å². The molecule has 5 nitrogen and oxygen atoms in total. The Morgan fingerprint density at radius 2 is 1.85 bits per heavy atom. The number of nitrogens with two attached hydrogens (primary N) is 1. The topological polar surface area (TPSA) is 75.9 Å². The Morgan fingerprint density at radius 3 is 2.55 bits per heavy atom. The summed E-state index contributed by atoms with van der Waals surface area (Å²) in [6.07, 6.45) is 0.988. The van der Waals surface area contributed by atoms with Gasteiger partial charge in [0.25, 0.3) is 0 Å². The highest BCUT2D eigenvalue weighted by molar-refractivity contribution is 5.51. The lowest BCUT2D eigenvalue weighted by molar-refractivity contribution is 0.613. The van der Waals surface area contributed by atoms with Crippen molar-refractivity contribution in [1.29, 1.82) is 0 Å². The summed E-state index contributed by atoms with van der Waals surface area (Å²) in [6, 6.07) is 8.37. The SMILES string of the molecule is CCCNc1cc(NCc2ccccc2F)nc(N)n1. The van der Waals surface area contributed by atoms with Gasteiger partial charge in [-0.1, -0.05) is 25.1 Å². The summed E-state index contributed by atoms with van der Waals surface area (Å²) in [4.78, 5) is 8.17. The van der Waals surface area contributed by atoms with Crippen molar-refractivity contribution in [2.45, 2.75) is 19.9 Å². The zero-order valence-corrected chi connectivity index (χ0v) is 11.4. The summed E-state index contributed by atoms with van der Waals surface area (Å²) in [6.45, 7) is 3.22. The minimum absolute atomic E-state index is 0.183. The average molecular weight is 275 g/mol. The molecule has 0 bridgehead atoms. The van der Waals surface area contributed by atoms with Crippen molar-refractivity contribution in [2.24, 2.45) is 0 Å². The predicted octanol–water partition coefficient (Wildman–Crippen LogP) is 2.63. The second kappa shape index (κ2) is 6.70. The lowest BCUT2D eigenvalue weighted by Crippen LogP contribution is -2.09. The van der Waals surface area contributed by atoms with Gasteiger partial charge in [-0.3, -0.25) is 0 Å². The number of rotatable bonds is 6. The molecule has 0 atom stereocenters. The van der Waals surface area contributed by atoms with E-state index < -0.39 is 0 Å². The molecule has 2 rings (SSSR count). The molecule has 0 saturated carbocycles. The van der Waals surface area contributed by atoms with E-state index in [1.54, 1.807) is 24.3 Å². The smallest absolute Gasteiger partial charge is 0.223 e. The van der Waals surface area contributed by atoms with Gasteiger partial charge in [0.05, 0.1) is 0 Å². The van der Waals surface area contributed by atoms with Gasteiger partial charge < -0.3 is 16.4 Å². The molecule has 0 aliphatic heterocycles. The summed E-state index contributed by atoms with van der Waals surface area (Å²) in [5.41, 5.74) is 6.23. The molecular formula is C14H18FN5. The summed E-state index contributed by atoms with van der Waals surface area (Å²) < 4.78 is 13.5. The van der Waals surface area contributed by atoms with E-state index in [1.807, 2.05) is 0 Å². The van der Waals surface area contributed by atoms with E-state index in [2.05, 4.69) is 27.5 Å². The quantitative estimate of drug-likeness (QED) is 0.755. The first-order valence-electron chi connectivity index (χ1n) is 6.54. The molecule has 6 heteroatoms. The normalized spacial score (nSPS) is 10.3. The first kappa shape index (κ1) is 14.0. The second-order valence-electron chi connectivity index (χ2n) is 4.37. The van der Waals surface area contributed by atoms with Crippen molar-refractivity contribution in [2.75, 3.05) is 22.9 Å². The van der Waals surface area contributed by atoms with Gasteiger partial charge in [-0.25, -0.2) is 4.39 Å². The van der Waals surface area contributed by atoms with E-state index in [0.717, 1.165) is 13.0 Å². The number of hydrogen-bond acceptors (Lipinski definition) is 5. The minimum atomic E-state index is -0.244. The molecular weight excluding hydrogens is 257 g/mol. The molecule has 0 aliphatic carbocycles. The molecule has 2 aromatic rings. The van der Waals surface area contributed by atoms with Crippen LogP contribution in [0.4, 0.5) is 22.0 Å². The van der Waals surface area contributed by atoms with Crippen molar-refractivity contribution in [3.05, 3.63) is 41.7 Å². The van der Waals surface area contributed by atoms with Crippen LogP contribution in [0.25, 0.3) is 0 Å². The van der Waals surface area contributed by atoms with Gasteiger partial charge in [0, 0.05) is 24.7 Å². The second-order valence-corrected chi connectivity index (χ2v) is 4.37. The molecule has 0 amide bonds. The standard InChI is InChI=1S/C14H18FN5/c1-2-7-17-12-8-13(20-14(16)19-12)18-9-10-5-3-4-6-11(10)15/h3-6,8H,2,7,9H2,1H3,(H4,16,17,18,19,20). The molecule has 1 aromatic carbocycles. The van der Waals surface area contributed by atoms with Crippen LogP contribution in [0.15, 0.2) is 30.3 Å². The monoisotopic (exact) mass is 275 g/mol. The number of aromatic nitrogens is 2. The van der Waals surface area contributed by atoms with Gasteiger partial charge >= 0.3 is 0 Å². The fraction of sp³-hybridized carbons (Fsp3) is 0.286. The van der Waals surface area contributed by atoms with Gasteiger partial charge in [0.2, 0.25) is 5.95 Å². The number of nitrogens with one attached hydrogen (secondary N) is 2. The third-order valence-corrected chi connectivity index (χ3v) is 2.72. The summed E-state index contributed by atoms with van der Waals surface area (Å²) in [5, 5.41) is 6.19. The van der Waals surface area contributed by atoms with E-state index in [4.69, 9.17) is 5.73 Å². The number of halogens is 1. The molecule has 1 aromatic heterocycles. The first-order chi connectivity index (χ1) is 9.69. The van der Waals surface area contributed by atoms with E-state index in [-0.39, 0.29) is 11.8 Å². The molecule has 106 valence electrons. The molecule has 0 spiro atoms. The van der Waals surface area contributed by atoms with Crippen molar-refractivity contribution in [1.82, 2.24) is 9.97 Å². The third-order valence-electron chi connectivity index (χ3n) is 2.72. The Morgan fingerprint density at radius 1 is 1.15 bits per heavy atom. The van der Waals surface area contributed by atoms with Crippen LogP contribution in [0.5, 0.6) is 0 Å². The summed E-state index contributed by atoms with van der Waals surface area (Å²) in [5.74, 6) is 1.17. The lowest BCUT2D eigenvalue weighted by atomic mass is 10.2. The number of nitrogens with zero attached hydrogens (tertiary/aromatic N) is 2. The Labute approximate surface area is 117 Å². The fourth-order valence-electron chi connectivity index (χ4n) is 1.73. The number of hydrogen-bond donors (Lipinski definition) is 3. The average Bonchev–Trinajstić information content (AvgIpc) is 2.44. The molecule has 0 unspecified atom stereocenters. The Hall–Kier alpha value is -2.37. The van der Waals surface area contributed by atoms with Crippen LogP contribution < -0.4 is 16.4 Å². The highest BCUT2D eigenvalue weighted by atomic mass is 19.1. The van der Waals surface area contributed by atoms with Gasteiger partial charge in [0.15, 0.2) is 0 Å². The maximum Gasteiger partial charge on any atom is 0.223 e. The van der Waals surface area contributed by atoms with Gasteiger partial charge in [-0.05, 0) is 12.5 Å². The van der Waals surface area contributed by atoms with Crippen molar-refractivity contribution < 1.29 is 4.39 Å². The van der Waals surface area contributed by atoms with Crippen molar-refractivity contribution in [3.63, 3.8) is 0 Å². The number of nitrogen functional groups attached to an aromatic ring is 1. The number of benzene rings is 1. The Balaban J connectivity index is 2.05. The van der Waals surface area contributed by atoms with Crippen molar-refractivity contribution in [3.8, 4) is 0 Å². The maximum atomic E-state index is 13.5. The highest BCUT2D eigenvalue weighted by Gasteiger charge is 2.04. The van der Waals surface area contributed by atoms with E-state index in [1.165, 1.54) is 6.07 Å². The number of anilines is 3. The van der Waals surface area contributed by atoms with Crippen molar-refractivity contribution >= 4 is 17.6 Å². The van der Waals surface area contributed by atoms with Gasteiger partial charge in [0.1, 0.15) is 17.5 Å². The van der Waals surface area contributed by atoms with Crippen LogP contribution in [0.2, 0.25) is 0 Å². The van der Waals surface area contributed by atoms with Crippen LogP contribution in [-0.2, 0) is 6.54 Å². The fourth-order valence-corrected chi connectivity index (χ4v) is 1.73. The Kier molecular flexibility index (Phi) is 4.70. The summed E-state index contributed by atoms with van der Waals surface area (Å²) >= 11 is 0. The molecule has 4 N–H and O–H groups in total. The summed E-state index contributed by atoms with van der Waals surface area (Å²) in [7, 11) is 0. The van der Waals surface area contributed by atoms with Gasteiger partial charge in [-0.15, -0.1) is 0 Å². The zero-order chi connectivity index (χ0) is 14.4. The lowest BCUT2D eigenvalue weighted by Gasteiger charge is -2.10. The van der Waals surface area contributed by atoms with Crippen LogP contribution >= 0.6 is 0 Å². The molecule has 0 fully saturated rings.